The van der Waals surface area contributed by atoms with E-state index in [2.05, 4.69) is 39.4 Å². The van der Waals surface area contributed by atoms with Gasteiger partial charge in [-0.3, -0.25) is 4.90 Å². The molecule has 6 heteroatoms. The molecule has 0 radical (unpaired) electrons. The lowest BCUT2D eigenvalue weighted by molar-refractivity contribution is 0.151. The molecule has 150 valence electrons. The van der Waals surface area contributed by atoms with Gasteiger partial charge in [-0.05, 0) is 49.9 Å². The Morgan fingerprint density at radius 2 is 1.78 bits per heavy atom. The Balaban J connectivity index is 1.49. The monoisotopic (exact) mass is 374 g/mol. The Morgan fingerprint density at radius 1 is 1.11 bits per heavy atom. The van der Waals surface area contributed by atoms with Crippen LogP contribution in [0.15, 0.2) is 24.3 Å². The quantitative estimate of drug-likeness (QED) is 0.765. The van der Waals surface area contributed by atoms with Gasteiger partial charge in [-0.25, -0.2) is 4.79 Å². The van der Waals surface area contributed by atoms with Crippen LogP contribution in [0.4, 0.5) is 4.79 Å². The Hall–Kier alpha value is -1.63. The van der Waals surface area contributed by atoms with Crippen LogP contribution in [0, 0.1) is 0 Å². The minimum absolute atomic E-state index is 0.00610. The fourth-order valence-corrected chi connectivity index (χ4v) is 4.10. The molecule has 27 heavy (non-hydrogen) atoms. The molecule has 0 unspecified atom stereocenters. The summed E-state index contributed by atoms with van der Waals surface area (Å²) in [6.07, 6.45) is 4.49. The van der Waals surface area contributed by atoms with Crippen molar-refractivity contribution in [3.8, 4) is 0 Å². The maximum Gasteiger partial charge on any atom is 0.317 e. The van der Waals surface area contributed by atoms with Crippen molar-refractivity contribution in [3.63, 3.8) is 0 Å². The largest absolute Gasteiger partial charge is 0.395 e. The third-order valence-corrected chi connectivity index (χ3v) is 5.80. The molecule has 0 spiro atoms. The maximum atomic E-state index is 12.6. The first-order chi connectivity index (χ1) is 13.2. The Labute approximate surface area is 163 Å². The molecule has 2 saturated heterocycles. The molecule has 2 aliphatic rings. The van der Waals surface area contributed by atoms with E-state index in [1.807, 2.05) is 7.05 Å². The average Bonchev–Trinajstić information content (AvgIpc) is 3.18. The highest BCUT2D eigenvalue weighted by Gasteiger charge is 2.22. The number of aliphatic hydroxyl groups excluding tert-OH is 1. The number of hydrogen-bond acceptors (Lipinski definition) is 4. The van der Waals surface area contributed by atoms with Gasteiger partial charge in [-0.15, -0.1) is 0 Å². The van der Waals surface area contributed by atoms with Crippen LogP contribution >= 0.6 is 0 Å². The molecule has 3 rings (SSSR count). The zero-order chi connectivity index (χ0) is 19.1. The van der Waals surface area contributed by atoms with E-state index in [1.165, 1.54) is 37.1 Å². The number of nitrogens with zero attached hydrogens (tertiary/aromatic N) is 3. The fourth-order valence-electron chi connectivity index (χ4n) is 4.10. The van der Waals surface area contributed by atoms with E-state index in [1.54, 1.807) is 4.90 Å². The average molecular weight is 375 g/mol. The van der Waals surface area contributed by atoms with Crippen LogP contribution in [0.25, 0.3) is 0 Å². The van der Waals surface area contributed by atoms with E-state index in [4.69, 9.17) is 5.11 Å². The molecule has 2 N–H and O–H groups in total. The highest BCUT2D eigenvalue weighted by atomic mass is 16.3. The zero-order valence-corrected chi connectivity index (χ0v) is 16.6. The van der Waals surface area contributed by atoms with Crippen LogP contribution in [-0.2, 0) is 13.1 Å². The van der Waals surface area contributed by atoms with Gasteiger partial charge in [0.2, 0.25) is 0 Å². The molecule has 2 heterocycles. The zero-order valence-electron chi connectivity index (χ0n) is 16.6. The van der Waals surface area contributed by atoms with Crippen LogP contribution in [0.5, 0.6) is 0 Å². The van der Waals surface area contributed by atoms with E-state index in [0.29, 0.717) is 6.54 Å². The third-order valence-electron chi connectivity index (χ3n) is 5.80. The molecule has 2 aliphatic heterocycles. The number of β-amino-alcohol motifs (C(OH)–C–C–N with tert-alkyl or cyclic N) is 1. The van der Waals surface area contributed by atoms with Gasteiger partial charge in [-0.1, -0.05) is 24.3 Å². The lowest BCUT2D eigenvalue weighted by atomic mass is 10.1. The van der Waals surface area contributed by atoms with Crippen LogP contribution in [0.1, 0.15) is 36.8 Å². The van der Waals surface area contributed by atoms with Crippen LogP contribution in [-0.4, -0.2) is 78.3 Å². The fraction of sp³-hybridized carbons (Fsp3) is 0.667. The van der Waals surface area contributed by atoms with E-state index < -0.39 is 0 Å². The first-order valence-corrected chi connectivity index (χ1v) is 10.3. The maximum absolute atomic E-state index is 12.6. The third kappa shape index (κ3) is 5.92. The Morgan fingerprint density at radius 3 is 2.44 bits per heavy atom. The summed E-state index contributed by atoms with van der Waals surface area (Å²) in [5.41, 5.74) is 2.57. The highest BCUT2D eigenvalue weighted by Crippen LogP contribution is 2.17. The van der Waals surface area contributed by atoms with Crippen LogP contribution in [0.3, 0.4) is 0 Å². The second kappa shape index (κ2) is 10.1. The summed E-state index contributed by atoms with van der Waals surface area (Å²) in [4.78, 5) is 19.2. The smallest absolute Gasteiger partial charge is 0.317 e. The SMILES string of the molecule is CN(Cc1ccccc1CN1CCCC1)C(=O)NC1CCN(CCO)CC1. The number of amides is 2. The van der Waals surface area contributed by atoms with E-state index in [-0.39, 0.29) is 18.7 Å². The number of likely N-dealkylation sites (tertiary alicyclic amines) is 2. The number of piperidine rings is 1. The van der Waals surface area contributed by atoms with Crippen molar-refractivity contribution in [1.82, 2.24) is 20.0 Å². The lowest BCUT2D eigenvalue weighted by Crippen LogP contribution is -2.48. The van der Waals surface area contributed by atoms with Crippen molar-refractivity contribution in [1.29, 1.82) is 0 Å². The molecule has 0 aromatic heterocycles. The summed E-state index contributed by atoms with van der Waals surface area (Å²) in [6.45, 7) is 6.79. The molecule has 1 aromatic rings. The molecule has 0 atom stereocenters. The van der Waals surface area contributed by atoms with Gasteiger partial charge in [0.15, 0.2) is 0 Å². The van der Waals surface area contributed by atoms with E-state index >= 15 is 0 Å². The normalized spacial score (nSPS) is 19.3. The highest BCUT2D eigenvalue weighted by molar-refractivity contribution is 5.74. The Kier molecular flexibility index (Phi) is 7.50. The molecule has 1 aromatic carbocycles. The molecule has 6 nitrogen and oxygen atoms in total. The van der Waals surface area contributed by atoms with Gasteiger partial charge in [0.1, 0.15) is 0 Å². The number of rotatable bonds is 7. The second-order valence-electron chi connectivity index (χ2n) is 7.90. The summed E-state index contributed by atoms with van der Waals surface area (Å²) in [7, 11) is 1.88. The van der Waals surface area contributed by atoms with Crippen molar-refractivity contribution in [2.24, 2.45) is 0 Å². The standard InChI is InChI=1S/C21H34N4O2/c1-23(21(27)22-20-8-12-24(13-9-20)14-15-26)16-18-6-2-3-7-19(18)17-25-10-4-5-11-25/h2-3,6-7,20,26H,4-5,8-17H2,1H3,(H,22,27). The van der Waals surface area contributed by atoms with Crippen LogP contribution in [0.2, 0.25) is 0 Å². The summed E-state index contributed by atoms with van der Waals surface area (Å²) in [6, 6.07) is 8.72. The van der Waals surface area contributed by atoms with Gasteiger partial charge >= 0.3 is 6.03 Å². The van der Waals surface area contributed by atoms with Gasteiger partial charge in [0.25, 0.3) is 0 Å². The molecular weight excluding hydrogens is 340 g/mol. The summed E-state index contributed by atoms with van der Waals surface area (Å²) >= 11 is 0. The number of carbonyl (C=O) groups excluding carboxylic acids is 1. The summed E-state index contributed by atoms with van der Waals surface area (Å²) < 4.78 is 0. The Bertz CT molecular complexity index is 596. The molecule has 0 aliphatic carbocycles. The minimum atomic E-state index is 0.00610. The van der Waals surface area contributed by atoms with E-state index in [0.717, 1.165) is 39.0 Å². The van der Waals surface area contributed by atoms with Crippen molar-refractivity contribution >= 4 is 6.03 Å². The molecular formula is C21H34N4O2. The number of hydrogen-bond donors (Lipinski definition) is 2. The molecule has 2 amide bonds. The van der Waals surface area contributed by atoms with Gasteiger partial charge < -0.3 is 20.2 Å². The van der Waals surface area contributed by atoms with Crippen molar-refractivity contribution in [2.45, 2.75) is 44.8 Å². The van der Waals surface area contributed by atoms with E-state index in [9.17, 15) is 4.79 Å². The van der Waals surface area contributed by atoms with Crippen molar-refractivity contribution < 1.29 is 9.90 Å². The molecule has 0 bridgehead atoms. The van der Waals surface area contributed by atoms with Gasteiger partial charge in [0.05, 0.1) is 6.61 Å². The number of carbonyl (C=O) groups is 1. The van der Waals surface area contributed by atoms with Crippen molar-refractivity contribution in [2.75, 3.05) is 46.4 Å². The molecule has 0 saturated carbocycles. The van der Waals surface area contributed by atoms with Gasteiger partial charge in [0, 0.05) is 45.8 Å². The van der Waals surface area contributed by atoms with Gasteiger partial charge in [-0.2, -0.15) is 0 Å². The predicted molar refractivity (Wildman–Crippen MR) is 107 cm³/mol. The lowest BCUT2D eigenvalue weighted by Gasteiger charge is -2.33. The van der Waals surface area contributed by atoms with Crippen molar-refractivity contribution in [3.05, 3.63) is 35.4 Å². The second-order valence-corrected chi connectivity index (χ2v) is 7.90. The summed E-state index contributed by atoms with van der Waals surface area (Å²) in [5, 5.41) is 12.2. The number of aliphatic hydroxyl groups is 1. The topological polar surface area (TPSA) is 59.0 Å². The number of nitrogens with one attached hydrogen (secondary N) is 1. The molecule has 2 fully saturated rings. The summed E-state index contributed by atoms with van der Waals surface area (Å²) in [5.74, 6) is 0. The number of urea groups is 1. The minimum Gasteiger partial charge on any atom is -0.395 e. The first kappa shape index (κ1) is 20.1. The first-order valence-electron chi connectivity index (χ1n) is 10.3. The van der Waals surface area contributed by atoms with Crippen LogP contribution < -0.4 is 5.32 Å². The number of benzene rings is 1. The predicted octanol–water partition coefficient (Wildman–Crippen LogP) is 1.88.